The Kier molecular flexibility index (Phi) is 3.04. The molecule has 1 atom stereocenters. The van der Waals surface area contributed by atoms with Crippen LogP contribution in [-0.2, 0) is 0 Å². The predicted molar refractivity (Wildman–Crippen MR) is 57.7 cm³/mol. The maximum atomic E-state index is 5.78. The van der Waals surface area contributed by atoms with Crippen molar-refractivity contribution in [1.29, 1.82) is 0 Å². The maximum absolute atomic E-state index is 5.78. The average Bonchev–Trinajstić information content (AvgIpc) is 2.69. The van der Waals surface area contributed by atoms with Crippen molar-refractivity contribution in [1.82, 2.24) is 5.32 Å². The third kappa shape index (κ3) is 2.26. The highest BCUT2D eigenvalue weighted by molar-refractivity contribution is 5.31. The zero-order valence-corrected chi connectivity index (χ0v) is 8.62. The Balaban J connectivity index is 1.88. The van der Waals surface area contributed by atoms with Crippen LogP contribution in [0.2, 0.25) is 0 Å². The van der Waals surface area contributed by atoms with Crippen LogP contribution in [0.5, 0.6) is 5.75 Å². The lowest BCUT2D eigenvalue weighted by Crippen LogP contribution is -2.15. The lowest BCUT2D eigenvalue weighted by Gasteiger charge is -2.12. The molecule has 1 aliphatic rings. The number of benzene rings is 1. The molecule has 2 rings (SSSR count). The van der Waals surface area contributed by atoms with Crippen molar-refractivity contribution in [2.75, 3.05) is 19.7 Å². The molecule has 0 amide bonds. The molecular formula is C12H17NO. The standard InChI is InChI=1S/C12H17NO/c1-10-4-2-3-5-12(10)14-9-11-6-7-13-8-11/h2-5,11,13H,6-9H2,1H3. The molecule has 2 nitrogen and oxygen atoms in total. The van der Waals surface area contributed by atoms with Gasteiger partial charge >= 0.3 is 0 Å². The minimum Gasteiger partial charge on any atom is -0.493 e. The first-order chi connectivity index (χ1) is 6.86. The number of rotatable bonds is 3. The summed E-state index contributed by atoms with van der Waals surface area (Å²) >= 11 is 0. The summed E-state index contributed by atoms with van der Waals surface area (Å²) in [5.74, 6) is 1.72. The first-order valence-corrected chi connectivity index (χ1v) is 5.25. The second-order valence-corrected chi connectivity index (χ2v) is 3.94. The number of para-hydroxylation sites is 1. The summed E-state index contributed by atoms with van der Waals surface area (Å²) in [5, 5.41) is 3.34. The molecule has 1 saturated heterocycles. The number of nitrogens with one attached hydrogen (secondary N) is 1. The molecule has 0 saturated carbocycles. The topological polar surface area (TPSA) is 21.3 Å². The Morgan fingerprint density at radius 2 is 2.29 bits per heavy atom. The molecular weight excluding hydrogens is 174 g/mol. The van der Waals surface area contributed by atoms with Crippen LogP contribution in [0.4, 0.5) is 0 Å². The Hall–Kier alpha value is -1.02. The molecule has 1 aliphatic heterocycles. The lowest BCUT2D eigenvalue weighted by molar-refractivity contribution is 0.258. The zero-order valence-electron chi connectivity index (χ0n) is 8.62. The van der Waals surface area contributed by atoms with Gasteiger partial charge in [-0.2, -0.15) is 0 Å². The Labute approximate surface area is 85.3 Å². The van der Waals surface area contributed by atoms with Crippen LogP contribution in [0.3, 0.4) is 0 Å². The van der Waals surface area contributed by atoms with Crippen LogP contribution < -0.4 is 10.1 Å². The highest BCUT2D eigenvalue weighted by Gasteiger charge is 2.14. The van der Waals surface area contributed by atoms with Gasteiger partial charge in [0.15, 0.2) is 0 Å². The van der Waals surface area contributed by atoms with E-state index < -0.39 is 0 Å². The maximum Gasteiger partial charge on any atom is 0.122 e. The fourth-order valence-electron chi connectivity index (χ4n) is 1.78. The van der Waals surface area contributed by atoms with E-state index in [9.17, 15) is 0 Å². The van der Waals surface area contributed by atoms with Gasteiger partial charge < -0.3 is 10.1 Å². The molecule has 76 valence electrons. The second-order valence-electron chi connectivity index (χ2n) is 3.94. The molecule has 1 heterocycles. The van der Waals surface area contributed by atoms with Gasteiger partial charge in [-0.1, -0.05) is 18.2 Å². The molecule has 1 N–H and O–H groups in total. The molecule has 0 aliphatic carbocycles. The van der Waals surface area contributed by atoms with Gasteiger partial charge in [-0.3, -0.25) is 0 Å². The zero-order chi connectivity index (χ0) is 9.80. The highest BCUT2D eigenvalue weighted by atomic mass is 16.5. The molecule has 1 fully saturated rings. The normalized spacial score (nSPS) is 21.1. The number of ether oxygens (including phenoxy) is 1. The molecule has 1 aromatic rings. The summed E-state index contributed by atoms with van der Waals surface area (Å²) in [6.07, 6.45) is 1.24. The van der Waals surface area contributed by atoms with E-state index in [2.05, 4.69) is 18.3 Å². The Bertz CT molecular complexity index is 292. The van der Waals surface area contributed by atoms with Gasteiger partial charge in [0.1, 0.15) is 5.75 Å². The van der Waals surface area contributed by atoms with Gasteiger partial charge in [0, 0.05) is 12.5 Å². The Morgan fingerprint density at radius 1 is 1.43 bits per heavy atom. The van der Waals surface area contributed by atoms with Crippen LogP contribution in [-0.4, -0.2) is 19.7 Å². The molecule has 14 heavy (non-hydrogen) atoms. The van der Waals surface area contributed by atoms with E-state index >= 15 is 0 Å². The molecule has 1 unspecified atom stereocenters. The second kappa shape index (κ2) is 4.47. The van der Waals surface area contributed by atoms with Crippen LogP contribution in [0.1, 0.15) is 12.0 Å². The molecule has 0 bridgehead atoms. The molecule has 0 radical (unpaired) electrons. The monoisotopic (exact) mass is 191 g/mol. The third-order valence-corrected chi connectivity index (χ3v) is 2.73. The van der Waals surface area contributed by atoms with Crippen molar-refractivity contribution < 1.29 is 4.74 Å². The van der Waals surface area contributed by atoms with Crippen molar-refractivity contribution in [3.8, 4) is 5.75 Å². The predicted octanol–water partition coefficient (Wildman–Crippen LogP) is 1.98. The van der Waals surface area contributed by atoms with Crippen LogP contribution in [0.25, 0.3) is 0 Å². The molecule has 1 aromatic carbocycles. The van der Waals surface area contributed by atoms with Crippen LogP contribution in [0.15, 0.2) is 24.3 Å². The fraction of sp³-hybridized carbons (Fsp3) is 0.500. The van der Waals surface area contributed by atoms with Crippen molar-refractivity contribution in [2.45, 2.75) is 13.3 Å². The molecule has 0 spiro atoms. The van der Waals surface area contributed by atoms with Crippen molar-refractivity contribution >= 4 is 0 Å². The van der Waals surface area contributed by atoms with Crippen molar-refractivity contribution in [3.63, 3.8) is 0 Å². The third-order valence-electron chi connectivity index (χ3n) is 2.73. The van der Waals surface area contributed by atoms with Crippen LogP contribution >= 0.6 is 0 Å². The quantitative estimate of drug-likeness (QED) is 0.789. The number of hydrogen-bond acceptors (Lipinski definition) is 2. The van der Waals surface area contributed by atoms with Crippen LogP contribution in [0, 0.1) is 12.8 Å². The van der Waals surface area contributed by atoms with Crippen molar-refractivity contribution in [2.24, 2.45) is 5.92 Å². The minimum atomic E-state index is 0.689. The molecule has 2 heteroatoms. The van der Waals surface area contributed by atoms with Gasteiger partial charge in [0.05, 0.1) is 6.61 Å². The van der Waals surface area contributed by atoms with Crippen molar-refractivity contribution in [3.05, 3.63) is 29.8 Å². The lowest BCUT2D eigenvalue weighted by atomic mass is 10.1. The summed E-state index contributed by atoms with van der Waals surface area (Å²) in [6, 6.07) is 8.19. The van der Waals surface area contributed by atoms with E-state index in [1.807, 2.05) is 18.2 Å². The Morgan fingerprint density at radius 3 is 3.00 bits per heavy atom. The van der Waals surface area contributed by atoms with E-state index in [0.717, 1.165) is 25.4 Å². The summed E-state index contributed by atoms with van der Waals surface area (Å²) in [6.45, 7) is 5.17. The van der Waals surface area contributed by atoms with E-state index in [1.165, 1.54) is 12.0 Å². The van der Waals surface area contributed by atoms with E-state index in [-0.39, 0.29) is 0 Å². The number of aryl methyl sites for hydroxylation is 1. The summed E-state index contributed by atoms with van der Waals surface area (Å²) in [7, 11) is 0. The first kappa shape index (κ1) is 9.53. The van der Waals surface area contributed by atoms with Gasteiger partial charge in [0.25, 0.3) is 0 Å². The largest absolute Gasteiger partial charge is 0.493 e. The van der Waals surface area contributed by atoms with E-state index in [1.54, 1.807) is 0 Å². The summed E-state index contributed by atoms with van der Waals surface area (Å²) in [4.78, 5) is 0. The van der Waals surface area contributed by atoms with E-state index in [4.69, 9.17) is 4.74 Å². The first-order valence-electron chi connectivity index (χ1n) is 5.25. The average molecular weight is 191 g/mol. The smallest absolute Gasteiger partial charge is 0.122 e. The minimum absolute atomic E-state index is 0.689. The van der Waals surface area contributed by atoms with Gasteiger partial charge in [-0.25, -0.2) is 0 Å². The van der Waals surface area contributed by atoms with Gasteiger partial charge in [0.2, 0.25) is 0 Å². The number of hydrogen-bond donors (Lipinski definition) is 1. The molecule has 0 aromatic heterocycles. The van der Waals surface area contributed by atoms with Gasteiger partial charge in [-0.15, -0.1) is 0 Å². The summed E-state index contributed by atoms with van der Waals surface area (Å²) in [5.41, 5.74) is 1.22. The highest BCUT2D eigenvalue weighted by Crippen LogP contribution is 2.18. The SMILES string of the molecule is Cc1ccccc1OCC1CCNC1. The fourth-order valence-corrected chi connectivity index (χ4v) is 1.78. The summed E-state index contributed by atoms with van der Waals surface area (Å²) < 4.78 is 5.78. The van der Waals surface area contributed by atoms with E-state index in [0.29, 0.717) is 5.92 Å². The van der Waals surface area contributed by atoms with Gasteiger partial charge in [-0.05, 0) is 31.5 Å².